The fraction of sp³-hybridized carbons (Fsp3) is 0.333. The summed E-state index contributed by atoms with van der Waals surface area (Å²) in [5, 5.41) is 0.487. The zero-order chi connectivity index (χ0) is 17.1. The van der Waals surface area contributed by atoms with Crippen molar-refractivity contribution in [2.24, 2.45) is 0 Å². The lowest BCUT2D eigenvalue weighted by atomic mass is 10.1. The third-order valence-corrected chi connectivity index (χ3v) is 4.35. The number of carbonyl (C=O) groups is 1. The monoisotopic (exact) mass is 345 g/mol. The minimum Gasteiger partial charge on any atom is -0.487 e. The predicted octanol–water partition coefficient (Wildman–Crippen LogP) is 3.09. The number of carbonyl (C=O) groups excluding carboxylic acids is 1. The first kappa shape index (κ1) is 16.6. The number of anilines is 1. The van der Waals surface area contributed by atoms with Crippen LogP contribution in [0.3, 0.4) is 0 Å². The van der Waals surface area contributed by atoms with Crippen LogP contribution in [0.4, 0.5) is 5.69 Å². The summed E-state index contributed by atoms with van der Waals surface area (Å²) in [6.45, 7) is 1.24. The molecule has 0 unspecified atom stereocenters. The molecule has 1 atom stereocenters. The van der Waals surface area contributed by atoms with E-state index < -0.39 is 0 Å². The Balaban J connectivity index is 1.66. The number of halogens is 1. The fourth-order valence-electron chi connectivity index (χ4n) is 2.75. The molecule has 1 aliphatic heterocycles. The number of ether oxygens (including phenoxy) is 1. The molecule has 24 heavy (non-hydrogen) atoms. The average Bonchev–Trinajstić information content (AvgIpc) is 3.05. The quantitative estimate of drug-likeness (QED) is 0.854. The maximum atomic E-state index is 12.7. The van der Waals surface area contributed by atoms with Gasteiger partial charge in [0.05, 0.1) is 6.54 Å². The molecule has 126 valence electrons. The van der Waals surface area contributed by atoms with Crippen LogP contribution in [0.1, 0.15) is 16.8 Å². The number of pyridine rings is 1. The van der Waals surface area contributed by atoms with Crippen LogP contribution < -0.4 is 9.64 Å². The van der Waals surface area contributed by atoms with E-state index in [0.29, 0.717) is 29.4 Å². The second-order valence-corrected chi connectivity index (χ2v) is 6.44. The SMILES string of the molecule is CN(C)c1cccc(C(=O)N2CC[C@H](Oc3ccncc3Cl)C2)c1. The van der Waals surface area contributed by atoms with E-state index in [1.54, 1.807) is 18.5 Å². The van der Waals surface area contributed by atoms with Gasteiger partial charge in [0.2, 0.25) is 0 Å². The first-order chi connectivity index (χ1) is 11.5. The second kappa shape index (κ2) is 7.09. The molecular formula is C18H20ClN3O2. The van der Waals surface area contributed by atoms with Gasteiger partial charge in [-0.05, 0) is 18.2 Å². The number of nitrogens with zero attached hydrogens (tertiary/aromatic N) is 3. The first-order valence-electron chi connectivity index (χ1n) is 7.87. The molecular weight excluding hydrogens is 326 g/mol. The third-order valence-electron chi connectivity index (χ3n) is 4.07. The molecule has 1 aromatic carbocycles. The number of aromatic nitrogens is 1. The molecule has 0 aliphatic carbocycles. The normalized spacial score (nSPS) is 17.0. The maximum absolute atomic E-state index is 12.7. The van der Waals surface area contributed by atoms with Crippen LogP contribution in [-0.2, 0) is 0 Å². The zero-order valence-electron chi connectivity index (χ0n) is 13.8. The van der Waals surface area contributed by atoms with Crippen molar-refractivity contribution >= 4 is 23.2 Å². The van der Waals surface area contributed by atoms with Crippen LogP contribution in [0.2, 0.25) is 5.02 Å². The van der Waals surface area contributed by atoms with Gasteiger partial charge in [0.15, 0.2) is 0 Å². The lowest BCUT2D eigenvalue weighted by molar-refractivity contribution is 0.0772. The van der Waals surface area contributed by atoms with Gasteiger partial charge in [-0.1, -0.05) is 17.7 Å². The predicted molar refractivity (Wildman–Crippen MR) is 95.0 cm³/mol. The molecule has 1 aromatic heterocycles. The molecule has 3 rings (SSSR count). The Labute approximate surface area is 146 Å². The highest BCUT2D eigenvalue weighted by atomic mass is 35.5. The fourth-order valence-corrected chi connectivity index (χ4v) is 2.91. The number of amides is 1. The van der Waals surface area contributed by atoms with Crippen molar-refractivity contribution in [2.45, 2.75) is 12.5 Å². The zero-order valence-corrected chi connectivity index (χ0v) is 14.5. The average molecular weight is 346 g/mol. The van der Waals surface area contributed by atoms with Crippen molar-refractivity contribution in [1.29, 1.82) is 0 Å². The van der Waals surface area contributed by atoms with Crippen molar-refractivity contribution in [3.63, 3.8) is 0 Å². The standard InChI is InChI=1S/C18H20ClN3O2/c1-21(2)14-5-3-4-13(10-14)18(23)22-9-7-15(12-22)24-17-6-8-20-11-16(17)19/h3-6,8,10-11,15H,7,9,12H2,1-2H3/t15-/m0/s1. The lowest BCUT2D eigenvalue weighted by Crippen LogP contribution is -2.31. The summed E-state index contributed by atoms with van der Waals surface area (Å²) in [6, 6.07) is 9.40. The van der Waals surface area contributed by atoms with Crippen molar-refractivity contribution in [3.8, 4) is 5.75 Å². The minimum atomic E-state index is -0.0501. The van der Waals surface area contributed by atoms with E-state index in [2.05, 4.69) is 4.98 Å². The highest BCUT2D eigenvalue weighted by Crippen LogP contribution is 2.26. The van der Waals surface area contributed by atoms with Crippen molar-refractivity contribution in [1.82, 2.24) is 9.88 Å². The second-order valence-electron chi connectivity index (χ2n) is 6.03. The van der Waals surface area contributed by atoms with Crippen LogP contribution in [0.25, 0.3) is 0 Å². The lowest BCUT2D eigenvalue weighted by Gasteiger charge is -2.19. The summed E-state index contributed by atoms with van der Waals surface area (Å²) in [5.74, 6) is 0.645. The van der Waals surface area contributed by atoms with Crippen LogP contribution in [0.15, 0.2) is 42.7 Å². The molecule has 1 fully saturated rings. The molecule has 1 amide bonds. The molecule has 0 N–H and O–H groups in total. The summed E-state index contributed by atoms with van der Waals surface area (Å²) in [6.07, 6.45) is 3.94. The van der Waals surface area contributed by atoms with E-state index in [9.17, 15) is 4.79 Å². The van der Waals surface area contributed by atoms with E-state index >= 15 is 0 Å². The van der Waals surface area contributed by atoms with Gasteiger partial charge in [0.25, 0.3) is 5.91 Å². The molecule has 2 heterocycles. The summed E-state index contributed by atoms with van der Waals surface area (Å²) < 4.78 is 5.91. The van der Waals surface area contributed by atoms with E-state index in [1.165, 1.54) is 0 Å². The number of rotatable bonds is 4. The van der Waals surface area contributed by atoms with Gasteiger partial charge >= 0.3 is 0 Å². The maximum Gasteiger partial charge on any atom is 0.254 e. The van der Waals surface area contributed by atoms with E-state index in [4.69, 9.17) is 16.3 Å². The van der Waals surface area contributed by atoms with Gasteiger partial charge in [-0.2, -0.15) is 0 Å². The van der Waals surface area contributed by atoms with Crippen molar-refractivity contribution < 1.29 is 9.53 Å². The van der Waals surface area contributed by atoms with E-state index in [1.807, 2.05) is 48.2 Å². The molecule has 0 radical (unpaired) electrons. The van der Waals surface area contributed by atoms with Crippen LogP contribution in [0, 0.1) is 0 Å². The Morgan fingerprint density at radius 2 is 2.21 bits per heavy atom. The molecule has 2 aromatic rings. The number of benzene rings is 1. The Hall–Kier alpha value is -2.27. The molecule has 1 aliphatic rings. The number of hydrogen-bond donors (Lipinski definition) is 0. The minimum absolute atomic E-state index is 0.0330. The topological polar surface area (TPSA) is 45.7 Å². The molecule has 0 spiro atoms. The molecule has 5 nitrogen and oxygen atoms in total. The van der Waals surface area contributed by atoms with Gasteiger partial charge in [0, 0.05) is 56.8 Å². The highest BCUT2D eigenvalue weighted by Gasteiger charge is 2.28. The summed E-state index contributed by atoms with van der Waals surface area (Å²) >= 11 is 6.07. The van der Waals surface area contributed by atoms with Gasteiger partial charge in [-0.3, -0.25) is 9.78 Å². The summed E-state index contributed by atoms with van der Waals surface area (Å²) in [5.41, 5.74) is 1.71. The van der Waals surface area contributed by atoms with Crippen molar-refractivity contribution in [3.05, 3.63) is 53.3 Å². The van der Waals surface area contributed by atoms with E-state index in [-0.39, 0.29) is 12.0 Å². The van der Waals surface area contributed by atoms with Gasteiger partial charge in [-0.15, -0.1) is 0 Å². The Morgan fingerprint density at radius 3 is 2.96 bits per heavy atom. The smallest absolute Gasteiger partial charge is 0.254 e. The third kappa shape index (κ3) is 3.62. The number of likely N-dealkylation sites (tertiary alicyclic amines) is 1. The van der Waals surface area contributed by atoms with Gasteiger partial charge in [0.1, 0.15) is 16.9 Å². The van der Waals surface area contributed by atoms with E-state index in [0.717, 1.165) is 12.1 Å². The van der Waals surface area contributed by atoms with Crippen LogP contribution >= 0.6 is 11.6 Å². The van der Waals surface area contributed by atoms with Gasteiger partial charge < -0.3 is 14.5 Å². The largest absolute Gasteiger partial charge is 0.487 e. The Bertz CT molecular complexity index is 736. The Morgan fingerprint density at radius 1 is 1.38 bits per heavy atom. The van der Waals surface area contributed by atoms with Crippen LogP contribution in [-0.4, -0.2) is 49.1 Å². The highest BCUT2D eigenvalue weighted by molar-refractivity contribution is 6.31. The van der Waals surface area contributed by atoms with Crippen molar-refractivity contribution in [2.75, 3.05) is 32.1 Å². The Kier molecular flexibility index (Phi) is 4.90. The summed E-state index contributed by atoms with van der Waals surface area (Å²) in [4.78, 5) is 20.5. The molecule has 1 saturated heterocycles. The molecule has 6 heteroatoms. The van der Waals surface area contributed by atoms with Gasteiger partial charge in [-0.25, -0.2) is 0 Å². The first-order valence-corrected chi connectivity index (χ1v) is 8.25. The number of hydrogen-bond acceptors (Lipinski definition) is 4. The summed E-state index contributed by atoms with van der Waals surface area (Å²) in [7, 11) is 3.92. The molecule has 0 bridgehead atoms. The van der Waals surface area contributed by atoms with Crippen LogP contribution in [0.5, 0.6) is 5.75 Å². The molecule has 0 saturated carbocycles.